The summed E-state index contributed by atoms with van der Waals surface area (Å²) in [7, 11) is 2.14. The van der Waals surface area contributed by atoms with E-state index in [-0.39, 0.29) is 0 Å². The van der Waals surface area contributed by atoms with Gasteiger partial charge in [0.15, 0.2) is 0 Å². The Balaban J connectivity index is 2.29. The highest BCUT2D eigenvalue weighted by Gasteiger charge is 2.05. The van der Waals surface area contributed by atoms with E-state index < -0.39 is 0 Å². The molecule has 2 N–H and O–H groups in total. The summed E-state index contributed by atoms with van der Waals surface area (Å²) in [6, 6.07) is 4.27. The zero-order valence-corrected chi connectivity index (χ0v) is 9.18. The van der Waals surface area contributed by atoms with Crippen LogP contribution in [-0.2, 0) is 6.54 Å². The Morgan fingerprint density at radius 1 is 1.62 bits per heavy atom. The van der Waals surface area contributed by atoms with Crippen LogP contribution in [0.4, 0.5) is 0 Å². The number of rotatable bonds is 5. The van der Waals surface area contributed by atoms with E-state index in [1.807, 2.05) is 11.3 Å². The second-order valence-corrected chi connectivity index (χ2v) is 4.65. The monoisotopic (exact) mass is 198 g/mol. The standard InChI is InChI=1S/C10H18N2S/c1-9(6-11)7-12(2)8-10-4-3-5-13-10/h3-5,9H,6-8,11H2,1-2H3. The van der Waals surface area contributed by atoms with Gasteiger partial charge in [0.2, 0.25) is 0 Å². The molecule has 1 unspecified atom stereocenters. The molecule has 0 aliphatic rings. The van der Waals surface area contributed by atoms with Gasteiger partial charge < -0.3 is 10.6 Å². The summed E-state index contributed by atoms with van der Waals surface area (Å²) >= 11 is 1.81. The molecule has 0 saturated heterocycles. The van der Waals surface area contributed by atoms with Crippen LogP contribution in [0.5, 0.6) is 0 Å². The molecule has 0 bridgehead atoms. The van der Waals surface area contributed by atoms with E-state index >= 15 is 0 Å². The lowest BCUT2D eigenvalue weighted by Gasteiger charge is -2.19. The molecule has 0 aromatic carbocycles. The van der Waals surface area contributed by atoms with Crippen LogP contribution in [0, 0.1) is 5.92 Å². The fourth-order valence-electron chi connectivity index (χ4n) is 1.34. The lowest BCUT2D eigenvalue weighted by molar-refractivity contribution is 0.284. The van der Waals surface area contributed by atoms with E-state index in [1.165, 1.54) is 4.88 Å². The predicted molar refractivity (Wildman–Crippen MR) is 58.9 cm³/mol. The second kappa shape index (κ2) is 5.37. The minimum absolute atomic E-state index is 0.588. The number of nitrogens with zero attached hydrogens (tertiary/aromatic N) is 1. The van der Waals surface area contributed by atoms with E-state index in [0.29, 0.717) is 5.92 Å². The third-order valence-electron chi connectivity index (χ3n) is 2.03. The molecule has 1 heterocycles. The molecule has 0 radical (unpaired) electrons. The molecule has 3 heteroatoms. The average Bonchev–Trinajstić information content (AvgIpc) is 2.56. The van der Waals surface area contributed by atoms with Gasteiger partial charge in [0, 0.05) is 18.0 Å². The topological polar surface area (TPSA) is 29.3 Å². The maximum Gasteiger partial charge on any atom is 0.0324 e. The number of nitrogens with two attached hydrogens (primary N) is 1. The Morgan fingerprint density at radius 2 is 2.38 bits per heavy atom. The Labute approximate surface area is 84.4 Å². The van der Waals surface area contributed by atoms with Gasteiger partial charge in [0.05, 0.1) is 0 Å². The van der Waals surface area contributed by atoms with Gasteiger partial charge in [0.1, 0.15) is 0 Å². The molecule has 0 spiro atoms. The molecular weight excluding hydrogens is 180 g/mol. The Hall–Kier alpha value is -0.380. The molecule has 1 aromatic rings. The van der Waals surface area contributed by atoms with Gasteiger partial charge in [0.25, 0.3) is 0 Å². The highest BCUT2D eigenvalue weighted by molar-refractivity contribution is 7.09. The largest absolute Gasteiger partial charge is 0.330 e. The summed E-state index contributed by atoms with van der Waals surface area (Å²) in [5.41, 5.74) is 5.57. The molecule has 1 aromatic heterocycles. The average molecular weight is 198 g/mol. The fraction of sp³-hybridized carbons (Fsp3) is 0.600. The zero-order chi connectivity index (χ0) is 9.68. The van der Waals surface area contributed by atoms with Crippen molar-refractivity contribution in [3.8, 4) is 0 Å². The first-order valence-corrected chi connectivity index (χ1v) is 5.51. The Kier molecular flexibility index (Phi) is 4.42. The predicted octanol–water partition coefficient (Wildman–Crippen LogP) is 1.77. The zero-order valence-electron chi connectivity index (χ0n) is 8.36. The van der Waals surface area contributed by atoms with Gasteiger partial charge in [-0.3, -0.25) is 0 Å². The molecule has 0 aliphatic carbocycles. The van der Waals surface area contributed by atoms with Crippen LogP contribution in [0.3, 0.4) is 0 Å². The van der Waals surface area contributed by atoms with Crippen molar-refractivity contribution in [2.75, 3.05) is 20.1 Å². The van der Waals surface area contributed by atoms with Crippen molar-refractivity contribution in [3.05, 3.63) is 22.4 Å². The van der Waals surface area contributed by atoms with Crippen molar-refractivity contribution >= 4 is 11.3 Å². The van der Waals surface area contributed by atoms with Crippen LogP contribution in [0.15, 0.2) is 17.5 Å². The third-order valence-corrected chi connectivity index (χ3v) is 2.89. The highest BCUT2D eigenvalue weighted by Crippen LogP contribution is 2.11. The van der Waals surface area contributed by atoms with E-state index in [1.54, 1.807) is 0 Å². The van der Waals surface area contributed by atoms with Crippen LogP contribution in [0.1, 0.15) is 11.8 Å². The second-order valence-electron chi connectivity index (χ2n) is 3.62. The first-order valence-electron chi connectivity index (χ1n) is 4.63. The van der Waals surface area contributed by atoms with Crippen molar-refractivity contribution in [2.24, 2.45) is 11.7 Å². The molecule has 0 amide bonds. The third kappa shape index (κ3) is 3.89. The minimum Gasteiger partial charge on any atom is -0.330 e. The fourth-order valence-corrected chi connectivity index (χ4v) is 2.12. The maximum absolute atomic E-state index is 5.57. The normalized spacial score (nSPS) is 13.5. The number of hydrogen-bond acceptors (Lipinski definition) is 3. The summed E-state index contributed by atoms with van der Waals surface area (Å²) in [4.78, 5) is 3.75. The van der Waals surface area contributed by atoms with Gasteiger partial charge in [-0.2, -0.15) is 0 Å². The van der Waals surface area contributed by atoms with Gasteiger partial charge in [-0.15, -0.1) is 11.3 Å². The highest BCUT2D eigenvalue weighted by atomic mass is 32.1. The van der Waals surface area contributed by atoms with Crippen molar-refractivity contribution in [3.63, 3.8) is 0 Å². The molecule has 13 heavy (non-hydrogen) atoms. The Morgan fingerprint density at radius 3 is 2.92 bits per heavy atom. The smallest absolute Gasteiger partial charge is 0.0324 e. The quantitative estimate of drug-likeness (QED) is 0.781. The molecular formula is C10H18N2S. The van der Waals surface area contributed by atoms with Crippen molar-refractivity contribution in [1.29, 1.82) is 0 Å². The van der Waals surface area contributed by atoms with E-state index in [2.05, 4.69) is 36.4 Å². The van der Waals surface area contributed by atoms with E-state index in [4.69, 9.17) is 5.73 Å². The van der Waals surface area contributed by atoms with Crippen LogP contribution in [0.25, 0.3) is 0 Å². The van der Waals surface area contributed by atoms with Gasteiger partial charge in [-0.25, -0.2) is 0 Å². The van der Waals surface area contributed by atoms with Crippen molar-refractivity contribution in [1.82, 2.24) is 4.90 Å². The molecule has 0 saturated carbocycles. The number of thiophene rings is 1. The van der Waals surface area contributed by atoms with Crippen LogP contribution < -0.4 is 5.73 Å². The molecule has 2 nitrogen and oxygen atoms in total. The summed E-state index contributed by atoms with van der Waals surface area (Å²) in [5.74, 6) is 0.588. The van der Waals surface area contributed by atoms with E-state index in [9.17, 15) is 0 Å². The molecule has 1 rings (SSSR count). The molecule has 0 aliphatic heterocycles. The Bertz CT molecular complexity index is 221. The van der Waals surface area contributed by atoms with Crippen molar-refractivity contribution < 1.29 is 0 Å². The van der Waals surface area contributed by atoms with Gasteiger partial charge in [-0.1, -0.05) is 13.0 Å². The summed E-state index contributed by atoms with van der Waals surface area (Å²) in [6.07, 6.45) is 0. The van der Waals surface area contributed by atoms with Crippen molar-refractivity contribution in [2.45, 2.75) is 13.5 Å². The van der Waals surface area contributed by atoms with Crippen LogP contribution in [0.2, 0.25) is 0 Å². The lowest BCUT2D eigenvalue weighted by atomic mass is 10.2. The lowest BCUT2D eigenvalue weighted by Crippen LogP contribution is -2.27. The van der Waals surface area contributed by atoms with Gasteiger partial charge >= 0.3 is 0 Å². The van der Waals surface area contributed by atoms with Crippen LogP contribution >= 0.6 is 11.3 Å². The van der Waals surface area contributed by atoms with Crippen LogP contribution in [-0.4, -0.2) is 25.0 Å². The summed E-state index contributed by atoms with van der Waals surface area (Å²) < 4.78 is 0. The number of hydrogen-bond donors (Lipinski definition) is 1. The molecule has 0 fully saturated rings. The summed E-state index contributed by atoms with van der Waals surface area (Å²) in [5, 5.41) is 2.12. The minimum atomic E-state index is 0.588. The first kappa shape index (κ1) is 10.7. The maximum atomic E-state index is 5.57. The SMILES string of the molecule is CC(CN)CN(C)Cc1cccs1. The van der Waals surface area contributed by atoms with Gasteiger partial charge in [-0.05, 0) is 31.0 Å². The molecule has 74 valence electrons. The van der Waals surface area contributed by atoms with E-state index in [0.717, 1.165) is 19.6 Å². The summed E-state index contributed by atoms with van der Waals surface area (Å²) in [6.45, 7) is 5.08. The first-order chi connectivity index (χ1) is 6.22. The molecule has 1 atom stereocenters.